The molecule has 0 bridgehead atoms. The smallest absolute Gasteiger partial charge is 0.265 e. The topological polar surface area (TPSA) is 26.9 Å². The van der Waals surface area contributed by atoms with Gasteiger partial charge in [0.25, 0.3) is 5.91 Å². The SMILES string of the molecule is Cc1cn(C(=O)c2ccccc2Cl)c(=S)n1Cc1ccccc1. The molecule has 2 aromatic carbocycles. The van der Waals surface area contributed by atoms with Gasteiger partial charge in [0.15, 0.2) is 4.77 Å². The van der Waals surface area contributed by atoms with E-state index in [-0.39, 0.29) is 5.91 Å². The fourth-order valence-electron chi connectivity index (χ4n) is 2.46. The van der Waals surface area contributed by atoms with E-state index in [4.69, 9.17) is 23.8 Å². The summed E-state index contributed by atoms with van der Waals surface area (Å²) >= 11 is 11.6. The Kier molecular flexibility index (Phi) is 4.46. The molecule has 0 aliphatic carbocycles. The van der Waals surface area contributed by atoms with Crippen molar-refractivity contribution in [2.24, 2.45) is 0 Å². The molecule has 0 fully saturated rings. The predicted molar refractivity (Wildman–Crippen MR) is 94.7 cm³/mol. The van der Waals surface area contributed by atoms with Gasteiger partial charge in [-0.1, -0.05) is 54.1 Å². The maximum absolute atomic E-state index is 12.7. The molecule has 3 aromatic rings. The van der Waals surface area contributed by atoms with Crippen molar-refractivity contribution >= 4 is 29.7 Å². The monoisotopic (exact) mass is 342 g/mol. The molecule has 3 nitrogen and oxygen atoms in total. The van der Waals surface area contributed by atoms with Crippen LogP contribution in [0.5, 0.6) is 0 Å². The molecular formula is C18H15ClN2OS. The summed E-state index contributed by atoms with van der Waals surface area (Å²) in [7, 11) is 0. The second-order valence-electron chi connectivity index (χ2n) is 5.28. The largest absolute Gasteiger partial charge is 0.316 e. The lowest BCUT2D eigenvalue weighted by Crippen LogP contribution is -2.13. The van der Waals surface area contributed by atoms with Crippen LogP contribution in [0.4, 0.5) is 0 Å². The molecule has 0 aliphatic rings. The van der Waals surface area contributed by atoms with E-state index in [1.807, 2.05) is 41.8 Å². The molecule has 116 valence electrons. The van der Waals surface area contributed by atoms with Gasteiger partial charge in [-0.3, -0.25) is 9.36 Å². The fraction of sp³-hybridized carbons (Fsp3) is 0.111. The van der Waals surface area contributed by atoms with Crippen molar-refractivity contribution in [3.8, 4) is 0 Å². The zero-order valence-corrected chi connectivity index (χ0v) is 14.1. The molecule has 23 heavy (non-hydrogen) atoms. The van der Waals surface area contributed by atoms with Crippen LogP contribution in [-0.4, -0.2) is 15.0 Å². The second-order valence-corrected chi connectivity index (χ2v) is 6.05. The average Bonchev–Trinajstić information content (AvgIpc) is 2.84. The van der Waals surface area contributed by atoms with Crippen LogP contribution in [0.2, 0.25) is 5.02 Å². The molecule has 0 amide bonds. The van der Waals surface area contributed by atoms with Gasteiger partial charge in [-0.25, -0.2) is 0 Å². The molecule has 5 heteroatoms. The van der Waals surface area contributed by atoms with E-state index in [1.54, 1.807) is 30.5 Å². The first kappa shape index (κ1) is 15.7. The molecule has 0 saturated carbocycles. The molecule has 0 N–H and O–H groups in total. The highest BCUT2D eigenvalue weighted by atomic mass is 35.5. The number of benzene rings is 2. The molecule has 1 aromatic heterocycles. The van der Waals surface area contributed by atoms with Crippen molar-refractivity contribution in [3.63, 3.8) is 0 Å². The van der Waals surface area contributed by atoms with Crippen molar-refractivity contribution in [1.82, 2.24) is 9.13 Å². The molecule has 0 unspecified atom stereocenters. The number of carbonyl (C=O) groups excluding carboxylic acids is 1. The third-order valence-electron chi connectivity index (χ3n) is 3.69. The zero-order valence-electron chi connectivity index (χ0n) is 12.6. The maximum atomic E-state index is 12.7. The third kappa shape index (κ3) is 3.14. The Balaban J connectivity index is 2.00. The highest BCUT2D eigenvalue weighted by molar-refractivity contribution is 7.71. The van der Waals surface area contributed by atoms with Gasteiger partial charge in [-0.2, -0.15) is 0 Å². The summed E-state index contributed by atoms with van der Waals surface area (Å²) in [5.41, 5.74) is 2.51. The van der Waals surface area contributed by atoms with Gasteiger partial charge in [0, 0.05) is 11.9 Å². The fourth-order valence-corrected chi connectivity index (χ4v) is 3.02. The van der Waals surface area contributed by atoms with Gasteiger partial charge in [-0.15, -0.1) is 0 Å². The summed E-state index contributed by atoms with van der Waals surface area (Å²) in [6.45, 7) is 2.57. The van der Waals surface area contributed by atoms with E-state index >= 15 is 0 Å². The minimum atomic E-state index is -0.212. The molecule has 0 spiro atoms. The molecule has 0 atom stereocenters. The third-order valence-corrected chi connectivity index (χ3v) is 4.43. The van der Waals surface area contributed by atoms with Crippen LogP contribution in [0.25, 0.3) is 0 Å². The highest BCUT2D eigenvalue weighted by Gasteiger charge is 2.16. The van der Waals surface area contributed by atoms with Crippen LogP contribution in [0.3, 0.4) is 0 Å². The maximum Gasteiger partial charge on any atom is 0.265 e. The predicted octanol–water partition coefficient (Wildman–Crippen LogP) is 4.72. The zero-order chi connectivity index (χ0) is 16.4. The summed E-state index contributed by atoms with van der Waals surface area (Å²) < 4.78 is 3.89. The van der Waals surface area contributed by atoms with Crippen LogP contribution in [0, 0.1) is 11.7 Å². The summed E-state index contributed by atoms with van der Waals surface area (Å²) in [5.74, 6) is -0.212. The van der Waals surface area contributed by atoms with Crippen molar-refractivity contribution in [2.45, 2.75) is 13.5 Å². The summed E-state index contributed by atoms with van der Waals surface area (Å²) in [4.78, 5) is 12.7. The lowest BCUT2D eigenvalue weighted by Gasteiger charge is -2.06. The number of rotatable bonds is 3. The summed E-state index contributed by atoms with van der Waals surface area (Å²) in [5, 5.41) is 0.424. The summed E-state index contributed by atoms with van der Waals surface area (Å²) in [6, 6.07) is 17.0. The first-order chi connectivity index (χ1) is 11.1. The van der Waals surface area contributed by atoms with Gasteiger partial charge in [0.2, 0.25) is 0 Å². The number of carbonyl (C=O) groups is 1. The quantitative estimate of drug-likeness (QED) is 0.644. The minimum absolute atomic E-state index is 0.212. The number of aryl methyl sites for hydroxylation is 1. The van der Waals surface area contributed by atoms with Crippen LogP contribution in [0.15, 0.2) is 60.8 Å². The number of hydrogen-bond donors (Lipinski definition) is 0. The van der Waals surface area contributed by atoms with E-state index in [1.165, 1.54) is 4.57 Å². The lowest BCUT2D eigenvalue weighted by molar-refractivity contribution is 0.0957. The highest BCUT2D eigenvalue weighted by Crippen LogP contribution is 2.18. The Morgan fingerprint density at radius 2 is 1.74 bits per heavy atom. The lowest BCUT2D eigenvalue weighted by atomic mass is 10.2. The second kappa shape index (κ2) is 6.52. The van der Waals surface area contributed by atoms with Crippen molar-refractivity contribution < 1.29 is 4.79 Å². The molecule has 3 rings (SSSR count). The molecule has 0 aliphatic heterocycles. The molecule has 0 radical (unpaired) electrons. The number of hydrogen-bond acceptors (Lipinski definition) is 2. The van der Waals surface area contributed by atoms with Crippen LogP contribution < -0.4 is 0 Å². The van der Waals surface area contributed by atoms with E-state index in [0.717, 1.165) is 11.3 Å². The van der Waals surface area contributed by atoms with Crippen LogP contribution in [0.1, 0.15) is 21.6 Å². The minimum Gasteiger partial charge on any atom is -0.316 e. The van der Waals surface area contributed by atoms with E-state index < -0.39 is 0 Å². The number of imidazole rings is 1. The van der Waals surface area contributed by atoms with Gasteiger partial charge < -0.3 is 4.57 Å². The van der Waals surface area contributed by atoms with Crippen molar-refractivity contribution in [2.75, 3.05) is 0 Å². The van der Waals surface area contributed by atoms with Gasteiger partial charge >= 0.3 is 0 Å². The standard InChI is InChI=1S/C18H15ClN2OS/c1-13-11-21(17(22)15-9-5-6-10-16(15)19)18(23)20(13)12-14-7-3-2-4-8-14/h2-11H,12H2,1H3. The Morgan fingerprint density at radius 1 is 1.09 bits per heavy atom. The van der Waals surface area contributed by atoms with Gasteiger partial charge in [-0.05, 0) is 36.8 Å². The molecule has 1 heterocycles. The van der Waals surface area contributed by atoms with Crippen LogP contribution >= 0.6 is 23.8 Å². The van der Waals surface area contributed by atoms with Crippen LogP contribution in [-0.2, 0) is 6.54 Å². The normalized spacial score (nSPS) is 10.7. The van der Waals surface area contributed by atoms with Gasteiger partial charge in [0.1, 0.15) is 0 Å². The number of aromatic nitrogens is 2. The van der Waals surface area contributed by atoms with Gasteiger partial charge in [0.05, 0.1) is 17.1 Å². The molecule has 0 saturated heterocycles. The first-order valence-corrected chi connectivity index (χ1v) is 7.98. The number of nitrogens with zero attached hydrogens (tertiary/aromatic N) is 2. The Hall–Kier alpha value is -2.17. The average molecular weight is 343 g/mol. The van der Waals surface area contributed by atoms with E-state index in [0.29, 0.717) is 21.9 Å². The first-order valence-electron chi connectivity index (χ1n) is 7.20. The van der Waals surface area contributed by atoms with Crippen molar-refractivity contribution in [1.29, 1.82) is 0 Å². The number of halogens is 1. The Morgan fingerprint density at radius 3 is 2.43 bits per heavy atom. The van der Waals surface area contributed by atoms with E-state index in [2.05, 4.69) is 0 Å². The van der Waals surface area contributed by atoms with E-state index in [9.17, 15) is 4.79 Å². The summed E-state index contributed by atoms with van der Waals surface area (Å²) in [6.07, 6.45) is 1.76. The molecular weight excluding hydrogens is 328 g/mol. The van der Waals surface area contributed by atoms with Crippen molar-refractivity contribution in [3.05, 3.63) is 87.4 Å². The Labute approximate surface area is 144 Å². The Bertz CT molecular complexity index is 912.